The fraction of sp³-hybridized carbons (Fsp3) is 0.273. The summed E-state index contributed by atoms with van der Waals surface area (Å²) >= 11 is 1.36. The molecule has 0 aliphatic heterocycles. The van der Waals surface area contributed by atoms with Gasteiger partial charge in [-0.05, 0) is 37.3 Å². The van der Waals surface area contributed by atoms with Crippen molar-refractivity contribution in [2.45, 2.75) is 26.2 Å². The number of hydrogen-bond acceptors (Lipinski definition) is 6. The molecule has 1 aromatic heterocycles. The Bertz CT molecular complexity index is 1060. The highest BCUT2D eigenvalue weighted by Gasteiger charge is 2.17. The number of carbonyl (C=O) groups is 2. The van der Waals surface area contributed by atoms with E-state index in [0.717, 1.165) is 21.7 Å². The quantitative estimate of drug-likeness (QED) is 0.553. The minimum atomic E-state index is -0.277. The fourth-order valence-electron chi connectivity index (χ4n) is 2.92. The van der Waals surface area contributed by atoms with E-state index in [4.69, 9.17) is 10.00 Å². The average Bonchev–Trinajstić information content (AvgIpc) is 3.15. The van der Waals surface area contributed by atoms with Crippen LogP contribution in [-0.4, -0.2) is 29.9 Å². The molecule has 8 heteroatoms. The van der Waals surface area contributed by atoms with E-state index in [0.29, 0.717) is 18.3 Å². The van der Waals surface area contributed by atoms with Gasteiger partial charge in [-0.25, -0.2) is 4.98 Å². The smallest absolute Gasteiger partial charge is 0.227 e. The molecule has 0 saturated carbocycles. The number of amides is 2. The van der Waals surface area contributed by atoms with E-state index in [1.54, 1.807) is 4.90 Å². The van der Waals surface area contributed by atoms with Gasteiger partial charge in [0, 0.05) is 25.1 Å². The number of aromatic nitrogens is 1. The van der Waals surface area contributed by atoms with Gasteiger partial charge in [-0.1, -0.05) is 29.5 Å². The maximum atomic E-state index is 12.7. The van der Waals surface area contributed by atoms with Crippen LogP contribution in [0.15, 0.2) is 48.5 Å². The molecule has 2 amide bonds. The molecule has 1 N–H and O–H groups in total. The standard InChI is InChI=1S/C22H22N4O3S/c1-2-29-17-9-10-18-19(15-17)30-22(24-18)25-20(27)11-12-21(28)26(14-6-13-23)16-7-4-3-5-8-16/h3-5,7-10,15H,2,6,11-12,14H2,1H3,(H,24,25,27). The zero-order valence-corrected chi connectivity index (χ0v) is 17.4. The second-order valence-corrected chi connectivity index (χ2v) is 7.45. The normalized spacial score (nSPS) is 10.4. The van der Waals surface area contributed by atoms with E-state index in [9.17, 15) is 9.59 Å². The Morgan fingerprint density at radius 3 is 2.73 bits per heavy atom. The molecule has 154 valence electrons. The lowest BCUT2D eigenvalue weighted by Gasteiger charge is -2.21. The number of nitrogens with one attached hydrogen (secondary N) is 1. The molecule has 3 rings (SSSR count). The molecule has 1 heterocycles. The van der Waals surface area contributed by atoms with Crippen molar-refractivity contribution >= 4 is 44.2 Å². The summed E-state index contributed by atoms with van der Waals surface area (Å²) in [5.74, 6) is 0.286. The number of hydrogen-bond donors (Lipinski definition) is 1. The summed E-state index contributed by atoms with van der Waals surface area (Å²) in [5.41, 5.74) is 1.50. The summed E-state index contributed by atoms with van der Waals surface area (Å²) in [6, 6.07) is 16.8. The van der Waals surface area contributed by atoms with Gasteiger partial charge in [-0.15, -0.1) is 0 Å². The summed E-state index contributed by atoms with van der Waals surface area (Å²) in [7, 11) is 0. The number of nitrogens with zero attached hydrogens (tertiary/aromatic N) is 3. The topological polar surface area (TPSA) is 95.3 Å². The van der Waals surface area contributed by atoms with Gasteiger partial charge in [0.15, 0.2) is 5.13 Å². The van der Waals surface area contributed by atoms with Crippen molar-refractivity contribution in [2.75, 3.05) is 23.4 Å². The lowest BCUT2D eigenvalue weighted by molar-refractivity contribution is -0.122. The summed E-state index contributed by atoms with van der Waals surface area (Å²) in [6.45, 7) is 2.79. The Labute approximate surface area is 178 Å². The molecule has 3 aromatic rings. The Balaban J connectivity index is 1.59. The molecule has 0 atom stereocenters. The number of nitriles is 1. The van der Waals surface area contributed by atoms with Crippen LogP contribution in [-0.2, 0) is 9.59 Å². The summed E-state index contributed by atoms with van der Waals surface area (Å²) in [4.78, 5) is 30.9. The van der Waals surface area contributed by atoms with E-state index in [1.807, 2.05) is 55.5 Å². The van der Waals surface area contributed by atoms with Gasteiger partial charge < -0.3 is 15.0 Å². The minimum absolute atomic E-state index is 0.0365. The predicted molar refractivity (Wildman–Crippen MR) is 118 cm³/mol. The van der Waals surface area contributed by atoms with E-state index >= 15 is 0 Å². The van der Waals surface area contributed by atoms with Crippen LogP contribution in [0.3, 0.4) is 0 Å². The third-order valence-corrected chi connectivity index (χ3v) is 5.23. The first kappa shape index (κ1) is 21.3. The highest BCUT2D eigenvalue weighted by atomic mass is 32.1. The van der Waals surface area contributed by atoms with Crippen LogP contribution >= 0.6 is 11.3 Å². The van der Waals surface area contributed by atoms with E-state index < -0.39 is 0 Å². The van der Waals surface area contributed by atoms with E-state index in [-0.39, 0.29) is 31.1 Å². The number of rotatable bonds is 9. The Hall–Kier alpha value is -3.44. The molecule has 0 spiro atoms. The van der Waals surface area contributed by atoms with Crippen LogP contribution in [0.25, 0.3) is 10.2 Å². The number of carbonyl (C=O) groups excluding carboxylic acids is 2. The minimum Gasteiger partial charge on any atom is -0.494 e. The number of fused-ring (bicyclic) bond motifs is 1. The van der Waals surface area contributed by atoms with Gasteiger partial charge in [0.2, 0.25) is 11.8 Å². The third-order valence-electron chi connectivity index (χ3n) is 4.30. The number of para-hydroxylation sites is 1. The van der Waals surface area contributed by atoms with Crippen LogP contribution in [0.5, 0.6) is 5.75 Å². The maximum absolute atomic E-state index is 12.7. The molecule has 0 fully saturated rings. The van der Waals surface area contributed by atoms with Crippen LogP contribution in [0.2, 0.25) is 0 Å². The van der Waals surface area contributed by atoms with Crippen LogP contribution in [0.4, 0.5) is 10.8 Å². The highest BCUT2D eigenvalue weighted by Crippen LogP contribution is 2.29. The lowest BCUT2D eigenvalue weighted by Crippen LogP contribution is -2.32. The van der Waals surface area contributed by atoms with Crippen LogP contribution < -0.4 is 15.0 Å². The van der Waals surface area contributed by atoms with Gasteiger partial charge in [-0.2, -0.15) is 5.26 Å². The van der Waals surface area contributed by atoms with E-state index in [1.165, 1.54) is 11.3 Å². The van der Waals surface area contributed by atoms with Crippen LogP contribution in [0, 0.1) is 11.3 Å². The molecule has 2 aromatic carbocycles. The Morgan fingerprint density at radius 1 is 1.20 bits per heavy atom. The van der Waals surface area contributed by atoms with Crippen molar-refractivity contribution in [3.05, 3.63) is 48.5 Å². The molecule has 0 unspecified atom stereocenters. The van der Waals surface area contributed by atoms with Crippen molar-refractivity contribution < 1.29 is 14.3 Å². The Morgan fingerprint density at radius 2 is 2.00 bits per heavy atom. The second-order valence-electron chi connectivity index (χ2n) is 6.42. The SMILES string of the molecule is CCOc1ccc2nc(NC(=O)CCC(=O)N(CCC#N)c3ccccc3)sc2c1. The zero-order chi connectivity index (χ0) is 21.3. The van der Waals surface area contributed by atoms with Crippen molar-refractivity contribution in [3.8, 4) is 11.8 Å². The number of ether oxygens (including phenoxy) is 1. The first-order valence-corrected chi connectivity index (χ1v) is 10.5. The first-order chi connectivity index (χ1) is 14.6. The van der Waals surface area contributed by atoms with Crippen LogP contribution in [0.1, 0.15) is 26.2 Å². The molecule has 0 saturated heterocycles. The van der Waals surface area contributed by atoms with Crippen molar-refractivity contribution in [1.82, 2.24) is 4.98 Å². The zero-order valence-electron chi connectivity index (χ0n) is 16.6. The molecule has 0 bridgehead atoms. The number of anilines is 2. The highest BCUT2D eigenvalue weighted by molar-refractivity contribution is 7.22. The average molecular weight is 423 g/mol. The van der Waals surface area contributed by atoms with Crippen molar-refractivity contribution in [2.24, 2.45) is 0 Å². The van der Waals surface area contributed by atoms with Gasteiger partial charge in [0.1, 0.15) is 5.75 Å². The van der Waals surface area contributed by atoms with Crippen molar-refractivity contribution in [3.63, 3.8) is 0 Å². The summed E-state index contributed by atoms with van der Waals surface area (Å²) in [6.07, 6.45) is 0.308. The monoisotopic (exact) mass is 422 g/mol. The molecule has 0 aliphatic carbocycles. The summed E-state index contributed by atoms with van der Waals surface area (Å²) in [5, 5.41) is 12.1. The first-order valence-electron chi connectivity index (χ1n) is 9.66. The molecular formula is C22H22N4O3S. The van der Waals surface area contributed by atoms with Gasteiger partial charge in [0.05, 0.1) is 29.3 Å². The molecule has 0 aliphatic rings. The van der Waals surface area contributed by atoms with Gasteiger partial charge in [0.25, 0.3) is 0 Å². The largest absolute Gasteiger partial charge is 0.494 e. The summed E-state index contributed by atoms with van der Waals surface area (Å²) < 4.78 is 6.40. The van der Waals surface area contributed by atoms with Gasteiger partial charge in [-0.3, -0.25) is 9.59 Å². The Kier molecular flexibility index (Phi) is 7.35. The third kappa shape index (κ3) is 5.55. The lowest BCUT2D eigenvalue weighted by atomic mass is 10.2. The number of thiazole rings is 1. The molecule has 30 heavy (non-hydrogen) atoms. The number of benzene rings is 2. The molecule has 7 nitrogen and oxygen atoms in total. The van der Waals surface area contributed by atoms with Crippen molar-refractivity contribution in [1.29, 1.82) is 5.26 Å². The maximum Gasteiger partial charge on any atom is 0.227 e. The fourth-order valence-corrected chi connectivity index (χ4v) is 3.83. The van der Waals surface area contributed by atoms with E-state index in [2.05, 4.69) is 16.4 Å². The van der Waals surface area contributed by atoms with Gasteiger partial charge >= 0.3 is 0 Å². The second kappa shape index (κ2) is 10.4. The predicted octanol–water partition coefficient (Wildman–Crippen LogP) is 4.36. The molecular weight excluding hydrogens is 400 g/mol. The molecule has 0 radical (unpaired) electrons.